The molecule has 1 aromatic rings. The maximum Gasteiger partial charge on any atom is 0.573 e. The lowest BCUT2D eigenvalue weighted by atomic mass is 10.1. The average Bonchev–Trinajstić information content (AvgIpc) is 2.39. The summed E-state index contributed by atoms with van der Waals surface area (Å²) in [7, 11) is 0. The Labute approximate surface area is 133 Å². The monoisotopic (exact) mass is 338 g/mol. The summed E-state index contributed by atoms with van der Waals surface area (Å²) in [4.78, 5) is 13.9. The lowest BCUT2D eigenvalue weighted by Crippen LogP contribution is -2.51. The van der Waals surface area contributed by atoms with Crippen molar-refractivity contribution >= 4 is 18.3 Å². The second-order valence-corrected chi connectivity index (χ2v) is 5.06. The number of ether oxygens (including phenoxy) is 1. The molecule has 4 nitrogen and oxygen atoms in total. The Morgan fingerprint density at radius 2 is 2.00 bits per heavy atom. The van der Waals surface area contributed by atoms with Crippen LogP contribution < -0.4 is 10.1 Å². The molecule has 1 aliphatic heterocycles. The predicted molar refractivity (Wildman–Crippen MR) is 78.1 cm³/mol. The third-order valence-corrected chi connectivity index (χ3v) is 3.23. The van der Waals surface area contributed by atoms with E-state index < -0.39 is 6.36 Å². The van der Waals surface area contributed by atoms with Gasteiger partial charge in [-0.3, -0.25) is 4.79 Å². The fraction of sp³-hybridized carbons (Fsp3) is 0.500. The number of amides is 1. The van der Waals surface area contributed by atoms with Crippen LogP contribution in [0.2, 0.25) is 0 Å². The Hall–Kier alpha value is -1.47. The number of carbonyl (C=O) groups is 1. The van der Waals surface area contributed by atoms with Crippen molar-refractivity contribution in [2.75, 3.05) is 19.6 Å². The highest BCUT2D eigenvalue weighted by Gasteiger charge is 2.31. The molecule has 1 heterocycles. The fourth-order valence-electron chi connectivity index (χ4n) is 2.25. The standard InChI is InChI=1S/C14H17F3N2O2.ClH/c1-10-9-19(7-6-18-10)13(20)8-11-2-4-12(5-3-11)21-14(15,16)17;/h2-5,10,18H,6-9H2,1H3;1H. The van der Waals surface area contributed by atoms with Crippen LogP contribution in [0.15, 0.2) is 24.3 Å². The van der Waals surface area contributed by atoms with Gasteiger partial charge in [0.15, 0.2) is 0 Å². The van der Waals surface area contributed by atoms with Gasteiger partial charge in [-0.2, -0.15) is 0 Å². The van der Waals surface area contributed by atoms with Gasteiger partial charge in [0.2, 0.25) is 5.91 Å². The van der Waals surface area contributed by atoms with Crippen molar-refractivity contribution in [2.45, 2.75) is 25.7 Å². The number of hydrogen-bond acceptors (Lipinski definition) is 3. The molecule has 8 heteroatoms. The summed E-state index contributed by atoms with van der Waals surface area (Å²) in [5.74, 6) is -0.303. The van der Waals surface area contributed by atoms with Crippen LogP contribution in [0.25, 0.3) is 0 Å². The number of hydrogen-bond donors (Lipinski definition) is 1. The summed E-state index contributed by atoms with van der Waals surface area (Å²) < 4.78 is 39.9. The fourth-order valence-corrected chi connectivity index (χ4v) is 2.25. The van der Waals surface area contributed by atoms with Crippen molar-refractivity contribution < 1.29 is 22.7 Å². The third-order valence-electron chi connectivity index (χ3n) is 3.23. The molecule has 0 radical (unpaired) electrons. The number of nitrogens with zero attached hydrogens (tertiary/aromatic N) is 1. The Balaban J connectivity index is 0.00000242. The van der Waals surface area contributed by atoms with E-state index in [0.29, 0.717) is 18.7 Å². The van der Waals surface area contributed by atoms with E-state index in [1.165, 1.54) is 24.3 Å². The summed E-state index contributed by atoms with van der Waals surface area (Å²) in [6, 6.07) is 5.65. The zero-order valence-corrected chi connectivity index (χ0v) is 12.8. The van der Waals surface area contributed by atoms with Crippen LogP contribution in [0.1, 0.15) is 12.5 Å². The molecule has 0 spiro atoms. The van der Waals surface area contributed by atoms with Gasteiger partial charge in [0.25, 0.3) is 0 Å². The molecule has 124 valence electrons. The SMILES string of the molecule is CC1CN(C(=O)Cc2ccc(OC(F)(F)F)cc2)CCN1.Cl. The van der Waals surface area contributed by atoms with Gasteiger partial charge in [0, 0.05) is 25.7 Å². The smallest absolute Gasteiger partial charge is 0.406 e. The molecule has 0 aliphatic carbocycles. The van der Waals surface area contributed by atoms with Crippen LogP contribution in [0.5, 0.6) is 5.75 Å². The molecule has 0 bridgehead atoms. The van der Waals surface area contributed by atoms with Crippen LogP contribution in [0, 0.1) is 0 Å². The maximum absolute atomic E-state index is 12.1. The van der Waals surface area contributed by atoms with E-state index in [4.69, 9.17) is 0 Å². The van der Waals surface area contributed by atoms with E-state index in [2.05, 4.69) is 10.1 Å². The van der Waals surface area contributed by atoms with Crippen molar-refractivity contribution in [3.8, 4) is 5.75 Å². The van der Waals surface area contributed by atoms with E-state index in [1.807, 2.05) is 6.92 Å². The molecule has 1 unspecified atom stereocenters. The number of benzene rings is 1. The molecule has 1 saturated heterocycles. The van der Waals surface area contributed by atoms with Gasteiger partial charge in [-0.15, -0.1) is 25.6 Å². The third kappa shape index (κ3) is 5.73. The van der Waals surface area contributed by atoms with Crippen LogP contribution in [-0.4, -0.2) is 42.8 Å². The Morgan fingerprint density at radius 3 is 2.55 bits per heavy atom. The van der Waals surface area contributed by atoms with Gasteiger partial charge >= 0.3 is 6.36 Å². The summed E-state index contributed by atoms with van der Waals surface area (Å²) in [6.07, 6.45) is -4.52. The normalized spacial score (nSPS) is 18.5. The van der Waals surface area contributed by atoms with E-state index in [0.717, 1.165) is 6.54 Å². The minimum absolute atomic E-state index is 0. The summed E-state index contributed by atoms with van der Waals surface area (Å²) in [5.41, 5.74) is 0.667. The highest BCUT2D eigenvalue weighted by molar-refractivity contribution is 5.85. The van der Waals surface area contributed by atoms with Gasteiger partial charge in [-0.1, -0.05) is 12.1 Å². The molecule has 1 fully saturated rings. The largest absolute Gasteiger partial charge is 0.573 e. The van der Waals surface area contributed by atoms with Crippen molar-refractivity contribution in [1.82, 2.24) is 10.2 Å². The zero-order chi connectivity index (χ0) is 15.5. The number of piperazine rings is 1. The van der Waals surface area contributed by atoms with Crippen molar-refractivity contribution in [3.63, 3.8) is 0 Å². The quantitative estimate of drug-likeness (QED) is 0.920. The highest BCUT2D eigenvalue weighted by Crippen LogP contribution is 2.23. The minimum atomic E-state index is -4.70. The molecular formula is C14H18ClF3N2O2. The molecular weight excluding hydrogens is 321 g/mol. The molecule has 22 heavy (non-hydrogen) atoms. The van der Waals surface area contributed by atoms with Crippen LogP contribution in [0.3, 0.4) is 0 Å². The molecule has 0 saturated carbocycles. The molecule has 1 aliphatic rings. The van der Waals surface area contributed by atoms with Gasteiger partial charge in [0.05, 0.1) is 6.42 Å². The van der Waals surface area contributed by atoms with E-state index in [9.17, 15) is 18.0 Å². The minimum Gasteiger partial charge on any atom is -0.406 e. The average molecular weight is 339 g/mol. The molecule has 0 aromatic heterocycles. The van der Waals surface area contributed by atoms with E-state index in [-0.39, 0.29) is 36.5 Å². The zero-order valence-electron chi connectivity index (χ0n) is 12.0. The van der Waals surface area contributed by atoms with Crippen molar-refractivity contribution in [2.24, 2.45) is 0 Å². The first-order chi connectivity index (χ1) is 9.83. The topological polar surface area (TPSA) is 41.6 Å². The van der Waals surface area contributed by atoms with E-state index in [1.54, 1.807) is 4.90 Å². The lowest BCUT2D eigenvalue weighted by molar-refractivity contribution is -0.274. The van der Waals surface area contributed by atoms with Gasteiger partial charge in [0.1, 0.15) is 5.75 Å². The predicted octanol–water partition coefficient (Wildman–Crippen LogP) is 2.37. The summed E-state index contributed by atoms with van der Waals surface area (Å²) in [6.45, 7) is 4.06. The molecule has 2 rings (SSSR count). The lowest BCUT2D eigenvalue weighted by Gasteiger charge is -2.32. The highest BCUT2D eigenvalue weighted by atomic mass is 35.5. The van der Waals surface area contributed by atoms with Crippen molar-refractivity contribution in [3.05, 3.63) is 29.8 Å². The van der Waals surface area contributed by atoms with Gasteiger partial charge in [-0.05, 0) is 24.6 Å². The summed E-state index contributed by atoms with van der Waals surface area (Å²) >= 11 is 0. The van der Waals surface area contributed by atoms with Gasteiger partial charge < -0.3 is 15.0 Å². The molecule has 1 N–H and O–H groups in total. The van der Waals surface area contributed by atoms with E-state index >= 15 is 0 Å². The first-order valence-corrected chi connectivity index (χ1v) is 6.69. The van der Waals surface area contributed by atoms with Crippen molar-refractivity contribution in [1.29, 1.82) is 0 Å². The number of alkyl halides is 3. The Morgan fingerprint density at radius 1 is 1.36 bits per heavy atom. The molecule has 1 atom stereocenters. The second kappa shape index (κ2) is 7.69. The van der Waals surface area contributed by atoms with Gasteiger partial charge in [-0.25, -0.2) is 0 Å². The second-order valence-electron chi connectivity index (χ2n) is 5.06. The number of carbonyl (C=O) groups excluding carboxylic acids is 1. The van der Waals surface area contributed by atoms with Crippen LogP contribution in [0.4, 0.5) is 13.2 Å². The maximum atomic E-state index is 12.1. The Kier molecular flexibility index (Phi) is 6.49. The molecule has 1 aromatic carbocycles. The number of nitrogens with one attached hydrogen (secondary N) is 1. The first-order valence-electron chi connectivity index (χ1n) is 6.69. The Bertz CT molecular complexity index is 494. The number of halogens is 4. The molecule has 1 amide bonds. The summed E-state index contributed by atoms with van der Waals surface area (Å²) in [5, 5.41) is 3.24. The van der Waals surface area contributed by atoms with Crippen LogP contribution >= 0.6 is 12.4 Å². The number of rotatable bonds is 3. The first kappa shape index (κ1) is 18.6. The van der Waals surface area contributed by atoms with Crippen LogP contribution in [-0.2, 0) is 11.2 Å².